The van der Waals surface area contributed by atoms with Crippen LogP contribution in [0.5, 0.6) is 0 Å². The molecule has 1 aromatic carbocycles. The molecule has 0 amide bonds. The van der Waals surface area contributed by atoms with Gasteiger partial charge in [-0.2, -0.15) is 0 Å². The van der Waals surface area contributed by atoms with Crippen molar-refractivity contribution >= 4 is 10.0 Å². The normalized spacial score (nSPS) is 15.2. The number of nitrogens with two attached hydrogens (primary N) is 1. The number of nitrogens with one attached hydrogen (secondary N) is 1. The van der Waals surface area contributed by atoms with Gasteiger partial charge in [-0.3, -0.25) is 0 Å². The molecule has 3 N–H and O–H groups in total. The van der Waals surface area contributed by atoms with Crippen molar-refractivity contribution in [1.29, 1.82) is 0 Å². The molecule has 0 saturated heterocycles. The van der Waals surface area contributed by atoms with Crippen molar-refractivity contribution in [3.63, 3.8) is 0 Å². The molecule has 0 bridgehead atoms. The van der Waals surface area contributed by atoms with Gasteiger partial charge < -0.3 is 5.73 Å². The summed E-state index contributed by atoms with van der Waals surface area (Å²) in [5.41, 5.74) is 7.08. The monoisotopic (exact) mass is 284 g/mol. The summed E-state index contributed by atoms with van der Waals surface area (Å²) in [4.78, 5) is 0.307. The predicted molar refractivity (Wildman–Crippen MR) is 78.6 cm³/mol. The van der Waals surface area contributed by atoms with E-state index in [-0.39, 0.29) is 12.0 Å². The highest BCUT2D eigenvalue weighted by Gasteiger charge is 2.16. The Kier molecular flexibility index (Phi) is 5.97. The lowest BCUT2D eigenvalue weighted by atomic mass is 9.92. The van der Waals surface area contributed by atoms with Crippen LogP contribution in [-0.2, 0) is 10.0 Å². The Labute approximate surface area is 116 Å². The van der Waals surface area contributed by atoms with Gasteiger partial charge in [0.05, 0.1) is 4.90 Å². The van der Waals surface area contributed by atoms with Gasteiger partial charge in [0.25, 0.3) is 0 Å². The van der Waals surface area contributed by atoms with Crippen molar-refractivity contribution in [3.8, 4) is 0 Å². The molecule has 1 rings (SSSR count). The molecular weight excluding hydrogens is 260 g/mol. The van der Waals surface area contributed by atoms with E-state index in [4.69, 9.17) is 5.73 Å². The summed E-state index contributed by atoms with van der Waals surface area (Å²) in [6.45, 7) is 6.50. The van der Waals surface area contributed by atoms with E-state index in [0.29, 0.717) is 11.4 Å². The summed E-state index contributed by atoms with van der Waals surface area (Å²) >= 11 is 0. The molecule has 108 valence electrons. The summed E-state index contributed by atoms with van der Waals surface area (Å²) in [6.07, 6.45) is 1.68. The smallest absolute Gasteiger partial charge is 0.240 e. The molecule has 0 saturated carbocycles. The molecule has 0 radical (unpaired) electrons. The Morgan fingerprint density at radius 3 is 2.26 bits per heavy atom. The lowest BCUT2D eigenvalue weighted by Crippen LogP contribution is -2.26. The van der Waals surface area contributed by atoms with Gasteiger partial charge in [-0.25, -0.2) is 13.1 Å². The van der Waals surface area contributed by atoms with Crippen molar-refractivity contribution in [2.75, 3.05) is 6.54 Å². The molecule has 4 nitrogen and oxygen atoms in total. The van der Waals surface area contributed by atoms with E-state index in [0.717, 1.165) is 18.4 Å². The van der Waals surface area contributed by atoms with E-state index in [9.17, 15) is 8.42 Å². The standard InChI is InChI=1S/C14H24N2O2S/c1-4-10-16-19(17,18)13-8-6-12(7-9-13)11(3)14(15)5-2/h6-9,11,14,16H,4-5,10,15H2,1-3H3. The van der Waals surface area contributed by atoms with Gasteiger partial charge >= 0.3 is 0 Å². The van der Waals surface area contributed by atoms with Crippen LogP contribution in [-0.4, -0.2) is 21.0 Å². The van der Waals surface area contributed by atoms with Gasteiger partial charge in [0, 0.05) is 12.6 Å². The maximum atomic E-state index is 11.9. The van der Waals surface area contributed by atoms with Crippen LogP contribution in [0, 0.1) is 0 Å². The zero-order chi connectivity index (χ0) is 14.5. The molecule has 0 spiro atoms. The second kappa shape index (κ2) is 7.03. The van der Waals surface area contributed by atoms with Crippen LogP contribution in [0.1, 0.15) is 45.1 Å². The van der Waals surface area contributed by atoms with E-state index in [1.807, 2.05) is 19.1 Å². The Bertz CT molecular complexity index is 483. The van der Waals surface area contributed by atoms with Crippen LogP contribution in [0.2, 0.25) is 0 Å². The van der Waals surface area contributed by atoms with E-state index >= 15 is 0 Å². The number of benzene rings is 1. The fraction of sp³-hybridized carbons (Fsp3) is 0.571. The molecule has 0 aliphatic heterocycles. The lowest BCUT2D eigenvalue weighted by molar-refractivity contribution is 0.551. The first-order chi connectivity index (χ1) is 8.92. The highest BCUT2D eigenvalue weighted by atomic mass is 32.2. The summed E-state index contributed by atoms with van der Waals surface area (Å²) in [7, 11) is -3.37. The zero-order valence-electron chi connectivity index (χ0n) is 11.9. The Morgan fingerprint density at radius 1 is 1.21 bits per heavy atom. The van der Waals surface area contributed by atoms with Crippen molar-refractivity contribution in [2.45, 2.75) is 50.5 Å². The summed E-state index contributed by atoms with van der Waals surface area (Å²) in [5, 5.41) is 0. The van der Waals surface area contributed by atoms with Crippen LogP contribution in [0.4, 0.5) is 0 Å². The van der Waals surface area contributed by atoms with E-state index in [1.54, 1.807) is 12.1 Å². The fourth-order valence-electron chi connectivity index (χ4n) is 1.87. The third-order valence-electron chi connectivity index (χ3n) is 3.37. The number of hydrogen-bond donors (Lipinski definition) is 2. The molecule has 2 atom stereocenters. The summed E-state index contributed by atoms with van der Waals surface area (Å²) in [5.74, 6) is 0.227. The molecule has 2 unspecified atom stereocenters. The first-order valence-corrected chi connectivity index (χ1v) is 8.25. The Balaban J connectivity index is 2.87. The molecule has 1 aromatic rings. The molecule has 19 heavy (non-hydrogen) atoms. The quantitative estimate of drug-likeness (QED) is 0.806. The first-order valence-electron chi connectivity index (χ1n) is 6.77. The minimum Gasteiger partial charge on any atom is -0.327 e. The molecule has 0 fully saturated rings. The van der Waals surface area contributed by atoms with Crippen LogP contribution < -0.4 is 10.5 Å². The third-order valence-corrected chi connectivity index (χ3v) is 4.85. The average Bonchev–Trinajstić information content (AvgIpc) is 2.43. The van der Waals surface area contributed by atoms with Crippen LogP contribution in [0.3, 0.4) is 0 Å². The molecule has 0 aromatic heterocycles. The topological polar surface area (TPSA) is 72.2 Å². The first kappa shape index (κ1) is 16.1. The predicted octanol–water partition coefficient (Wildman–Crippen LogP) is 2.22. The van der Waals surface area contributed by atoms with E-state index in [2.05, 4.69) is 18.6 Å². The van der Waals surface area contributed by atoms with Gasteiger partial charge in [0.1, 0.15) is 0 Å². The van der Waals surface area contributed by atoms with Crippen molar-refractivity contribution < 1.29 is 8.42 Å². The van der Waals surface area contributed by atoms with Crippen molar-refractivity contribution in [1.82, 2.24) is 4.72 Å². The highest BCUT2D eigenvalue weighted by molar-refractivity contribution is 7.89. The van der Waals surface area contributed by atoms with Gasteiger partial charge in [0.2, 0.25) is 10.0 Å². The Morgan fingerprint density at radius 2 is 1.79 bits per heavy atom. The summed E-state index contributed by atoms with van der Waals surface area (Å²) in [6, 6.07) is 7.08. The zero-order valence-corrected chi connectivity index (χ0v) is 12.7. The maximum absolute atomic E-state index is 11.9. The summed E-state index contributed by atoms with van der Waals surface area (Å²) < 4.78 is 26.4. The number of hydrogen-bond acceptors (Lipinski definition) is 3. The second-order valence-electron chi connectivity index (χ2n) is 4.83. The molecule has 5 heteroatoms. The van der Waals surface area contributed by atoms with Gasteiger partial charge in [-0.1, -0.05) is 32.9 Å². The number of rotatable bonds is 7. The van der Waals surface area contributed by atoms with Gasteiger partial charge in [-0.05, 0) is 36.5 Å². The Hall–Kier alpha value is -0.910. The third kappa shape index (κ3) is 4.30. The van der Waals surface area contributed by atoms with Gasteiger partial charge in [0.15, 0.2) is 0 Å². The van der Waals surface area contributed by atoms with Crippen LogP contribution in [0.25, 0.3) is 0 Å². The largest absolute Gasteiger partial charge is 0.327 e. The highest BCUT2D eigenvalue weighted by Crippen LogP contribution is 2.21. The van der Waals surface area contributed by atoms with E-state index in [1.165, 1.54) is 0 Å². The molecule has 0 aliphatic carbocycles. The van der Waals surface area contributed by atoms with Crippen LogP contribution >= 0.6 is 0 Å². The second-order valence-corrected chi connectivity index (χ2v) is 6.59. The molecule has 0 heterocycles. The molecular formula is C14H24N2O2S. The van der Waals surface area contributed by atoms with Crippen molar-refractivity contribution in [3.05, 3.63) is 29.8 Å². The minimum atomic E-state index is -3.37. The minimum absolute atomic E-state index is 0.0978. The van der Waals surface area contributed by atoms with Crippen molar-refractivity contribution in [2.24, 2.45) is 5.73 Å². The van der Waals surface area contributed by atoms with E-state index < -0.39 is 10.0 Å². The maximum Gasteiger partial charge on any atom is 0.240 e. The number of sulfonamides is 1. The molecule has 0 aliphatic rings. The lowest BCUT2D eigenvalue weighted by Gasteiger charge is -2.19. The fourth-order valence-corrected chi connectivity index (χ4v) is 3.00. The SMILES string of the molecule is CCCNS(=O)(=O)c1ccc(C(C)C(N)CC)cc1. The average molecular weight is 284 g/mol. The van der Waals surface area contributed by atoms with Crippen LogP contribution in [0.15, 0.2) is 29.2 Å². The van der Waals surface area contributed by atoms with Gasteiger partial charge in [-0.15, -0.1) is 0 Å².